The molecule has 0 fully saturated rings. The quantitative estimate of drug-likeness (QED) is 0.481. The molecule has 9 heteroatoms. The van der Waals surface area contributed by atoms with Crippen LogP contribution in [0.1, 0.15) is 21.5 Å². The first-order valence-corrected chi connectivity index (χ1v) is 9.76. The molecular weight excluding hydrogens is 404 g/mol. The Morgan fingerprint density at radius 2 is 2.07 bits per heavy atom. The minimum absolute atomic E-state index is 0.148. The van der Waals surface area contributed by atoms with Crippen molar-refractivity contribution in [2.24, 2.45) is 0 Å². The summed E-state index contributed by atoms with van der Waals surface area (Å²) >= 11 is 5.94. The van der Waals surface area contributed by atoms with Crippen LogP contribution in [0.25, 0.3) is 11.0 Å². The Bertz CT molecular complexity index is 1280. The number of aromatic nitrogens is 5. The molecule has 0 radical (unpaired) electrons. The number of fused-ring (bicyclic) bond motifs is 1. The van der Waals surface area contributed by atoms with Crippen LogP contribution in [0, 0.1) is 6.92 Å². The summed E-state index contributed by atoms with van der Waals surface area (Å²) in [4.78, 5) is 33.3. The van der Waals surface area contributed by atoms with Gasteiger partial charge in [-0.15, -0.1) is 0 Å². The lowest BCUT2D eigenvalue weighted by Crippen LogP contribution is -2.28. The largest absolute Gasteiger partial charge is 0.350 e. The molecule has 0 spiro atoms. The van der Waals surface area contributed by atoms with Gasteiger partial charge < -0.3 is 5.32 Å². The lowest BCUT2D eigenvalue weighted by molar-refractivity contribution is 0.0952. The summed E-state index contributed by atoms with van der Waals surface area (Å²) in [5.74, 6) is -0.321. The Balaban J connectivity index is 1.47. The Kier molecular flexibility index (Phi) is 5.58. The van der Waals surface area contributed by atoms with Gasteiger partial charge in [-0.3, -0.25) is 14.2 Å². The van der Waals surface area contributed by atoms with Crippen molar-refractivity contribution in [2.75, 3.05) is 6.54 Å². The fraction of sp³-hybridized carbons (Fsp3) is 0.190. The minimum atomic E-state index is -0.321. The standard InChI is InChI=1S/C21H19ClN6O2/c1-14-4-2-5-15(10-14)12-27-13-25-19-17(21(27)30)11-26-28(19)9-8-24-20(29)16-6-3-7-23-18(16)22/h2-7,10-11,13H,8-9,12H2,1H3,(H,24,29). The van der Waals surface area contributed by atoms with Crippen molar-refractivity contribution in [3.63, 3.8) is 0 Å². The van der Waals surface area contributed by atoms with Gasteiger partial charge in [0.05, 0.1) is 24.8 Å². The normalized spacial score (nSPS) is 11.0. The zero-order valence-corrected chi connectivity index (χ0v) is 17.0. The Hall–Kier alpha value is -3.52. The first-order valence-electron chi connectivity index (χ1n) is 9.38. The molecule has 30 heavy (non-hydrogen) atoms. The van der Waals surface area contributed by atoms with E-state index in [1.54, 1.807) is 21.4 Å². The van der Waals surface area contributed by atoms with Crippen LogP contribution in [0.15, 0.2) is 59.9 Å². The number of benzene rings is 1. The molecule has 0 aliphatic heterocycles. The van der Waals surface area contributed by atoms with E-state index in [4.69, 9.17) is 11.6 Å². The second-order valence-corrected chi connectivity index (χ2v) is 7.23. The van der Waals surface area contributed by atoms with Gasteiger partial charge in [-0.05, 0) is 24.6 Å². The van der Waals surface area contributed by atoms with Gasteiger partial charge in [-0.1, -0.05) is 41.4 Å². The molecule has 0 saturated carbocycles. The predicted octanol–water partition coefficient (Wildman–Crippen LogP) is 2.43. The van der Waals surface area contributed by atoms with Gasteiger partial charge in [0.2, 0.25) is 0 Å². The summed E-state index contributed by atoms with van der Waals surface area (Å²) in [7, 11) is 0. The van der Waals surface area contributed by atoms with Crippen molar-refractivity contribution in [1.29, 1.82) is 0 Å². The molecule has 1 N–H and O–H groups in total. The van der Waals surface area contributed by atoms with E-state index in [0.717, 1.165) is 11.1 Å². The molecule has 0 unspecified atom stereocenters. The third kappa shape index (κ3) is 4.08. The summed E-state index contributed by atoms with van der Waals surface area (Å²) < 4.78 is 3.16. The molecule has 4 aromatic rings. The fourth-order valence-corrected chi connectivity index (χ4v) is 3.41. The highest BCUT2D eigenvalue weighted by molar-refractivity contribution is 6.32. The van der Waals surface area contributed by atoms with Crippen molar-refractivity contribution in [3.8, 4) is 0 Å². The maximum absolute atomic E-state index is 12.8. The second-order valence-electron chi connectivity index (χ2n) is 6.87. The molecule has 8 nitrogen and oxygen atoms in total. The third-order valence-electron chi connectivity index (χ3n) is 4.67. The zero-order valence-electron chi connectivity index (χ0n) is 16.2. The topological polar surface area (TPSA) is 94.7 Å². The lowest BCUT2D eigenvalue weighted by atomic mass is 10.1. The van der Waals surface area contributed by atoms with Crippen LogP contribution in [0.5, 0.6) is 0 Å². The number of hydrogen-bond acceptors (Lipinski definition) is 5. The summed E-state index contributed by atoms with van der Waals surface area (Å²) in [6, 6.07) is 11.2. The van der Waals surface area contributed by atoms with Gasteiger partial charge in [0, 0.05) is 12.7 Å². The van der Waals surface area contributed by atoms with Crippen LogP contribution in [-0.2, 0) is 13.1 Å². The van der Waals surface area contributed by atoms with E-state index in [0.29, 0.717) is 36.2 Å². The maximum atomic E-state index is 12.8. The predicted molar refractivity (Wildman–Crippen MR) is 114 cm³/mol. The summed E-state index contributed by atoms with van der Waals surface area (Å²) in [5, 5.41) is 7.61. The molecule has 0 aliphatic rings. The van der Waals surface area contributed by atoms with Crippen LogP contribution in [0.2, 0.25) is 5.15 Å². The van der Waals surface area contributed by atoms with Crippen LogP contribution >= 0.6 is 11.6 Å². The Morgan fingerprint density at radius 3 is 2.87 bits per heavy atom. The highest BCUT2D eigenvalue weighted by atomic mass is 35.5. The first-order chi connectivity index (χ1) is 14.5. The van der Waals surface area contributed by atoms with Crippen molar-refractivity contribution in [1.82, 2.24) is 29.6 Å². The van der Waals surface area contributed by atoms with E-state index >= 15 is 0 Å². The molecule has 3 aromatic heterocycles. The number of carbonyl (C=O) groups excluding carboxylic acids is 1. The fourth-order valence-electron chi connectivity index (χ4n) is 3.21. The smallest absolute Gasteiger partial charge is 0.264 e. The van der Waals surface area contributed by atoms with E-state index in [9.17, 15) is 9.59 Å². The second kappa shape index (κ2) is 8.46. The molecule has 3 heterocycles. The highest BCUT2D eigenvalue weighted by Crippen LogP contribution is 2.11. The molecule has 152 valence electrons. The number of aryl methyl sites for hydroxylation is 1. The van der Waals surface area contributed by atoms with Crippen molar-refractivity contribution >= 4 is 28.5 Å². The lowest BCUT2D eigenvalue weighted by Gasteiger charge is -2.08. The van der Waals surface area contributed by atoms with Crippen LogP contribution in [-0.4, -0.2) is 36.8 Å². The SMILES string of the molecule is Cc1cccc(Cn2cnc3c(cnn3CCNC(=O)c3cccnc3Cl)c2=O)c1. The van der Waals surface area contributed by atoms with Crippen molar-refractivity contribution < 1.29 is 4.79 Å². The maximum Gasteiger partial charge on any atom is 0.264 e. The van der Waals surface area contributed by atoms with Crippen molar-refractivity contribution in [2.45, 2.75) is 20.0 Å². The number of amides is 1. The van der Waals surface area contributed by atoms with Crippen LogP contribution in [0.3, 0.4) is 0 Å². The number of rotatable bonds is 6. The van der Waals surface area contributed by atoms with Crippen LogP contribution in [0.4, 0.5) is 0 Å². The van der Waals surface area contributed by atoms with E-state index in [1.807, 2.05) is 31.2 Å². The minimum Gasteiger partial charge on any atom is -0.350 e. The molecule has 0 saturated heterocycles. The summed E-state index contributed by atoms with van der Waals surface area (Å²) in [5.41, 5.74) is 2.80. The van der Waals surface area contributed by atoms with E-state index in [-0.39, 0.29) is 16.6 Å². The molecule has 0 aliphatic carbocycles. The highest BCUT2D eigenvalue weighted by Gasteiger charge is 2.12. The molecule has 1 amide bonds. The average Bonchev–Trinajstić information content (AvgIpc) is 3.14. The van der Waals surface area contributed by atoms with Gasteiger partial charge in [0.25, 0.3) is 11.5 Å². The monoisotopic (exact) mass is 422 g/mol. The number of nitrogens with zero attached hydrogens (tertiary/aromatic N) is 5. The number of carbonyl (C=O) groups is 1. The summed E-state index contributed by atoms with van der Waals surface area (Å²) in [6.07, 6.45) is 4.56. The van der Waals surface area contributed by atoms with Gasteiger partial charge in [-0.2, -0.15) is 5.10 Å². The van der Waals surface area contributed by atoms with Gasteiger partial charge >= 0.3 is 0 Å². The average molecular weight is 423 g/mol. The molecule has 0 atom stereocenters. The molecule has 0 bridgehead atoms. The van der Waals surface area contributed by atoms with Gasteiger partial charge in [-0.25, -0.2) is 14.6 Å². The molecule has 1 aromatic carbocycles. The number of halogens is 1. The van der Waals surface area contributed by atoms with Crippen molar-refractivity contribution in [3.05, 3.63) is 87.3 Å². The third-order valence-corrected chi connectivity index (χ3v) is 4.97. The zero-order chi connectivity index (χ0) is 21.1. The Morgan fingerprint density at radius 1 is 1.20 bits per heavy atom. The molecular formula is C21H19ClN6O2. The first kappa shape index (κ1) is 19.8. The summed E-state index contributed by atoms with van der Waals surface area (Å²) in [6.45, 7) is 3.12. The number of pyridine rings is 1. The molecule has 4 rings (SSSR count). The van der Waals surface area contributed by atoms with E-state index in [2.05, 4.69) is 20.4 Å². The number of nitrogens with one attached hydrogen (secondary N) is 1. The number of hydrogen-bond donors (Lipinski definition) is 1. The van der Waals surface area contributed by atoms with Gasteiger partial charge in [0.1, 0.15) is 16.9 Å². The van der Waals surface area contributed by atoms with E-state index < -0.39 is 0 Å². The van der Waals surface area contributed by atoms with Crippen LogP contribution < -0.4 is 10.9 Å². The Labute approximate surface area is 177 Å². The van der Waals surface area contributed by atoms with Gasteiger partial charge in [0.15, 0.2) is 5.65 Å². The van der Waals surface area contributed by atoms with E-state index in [1.165, 1.54) is 18.7 Å².